The SMILES string of the molecule is CC(Nc1cccc(-n2cccc2)c1)c1ccccc1F. The van der Waals surface area contributed by atoms with Crippen LogP contribution in [0.3, 0.4) is 0 Å². The first-order valence-corrected chi connectivity index (χ1v) is 6.98. The molecule has 2 nitrogen and oxygen atoms in total. The molecule has 3 rings (SSSR count). The van der Waals surface area contributed by atoms with Crippen molar-refractivity contribution in [3.8, 4) is 5.69 Å². The summed E-state index contributed by atoms with van der Waals surface area (Å²) in [5, 5.41) is 3.35. The fourth-order valence-corrected chi connectivity index (χ4v) is 2.42. The summed E-state index contributed by atoms with van der Waals surface area (Å²) < 4.78 is 15.8. The zero-order chi connectivity index (χ0) is 14.7. The van der Waals surface area contributed by atoms with E-state index in [4.69, 9.17) is 0 Å². The van der Waals surface area contributed by atoms with Crippen LogP contribution in [-0.4, -0.2) is 4.57 Å². The quantitative estimate of drug-likeness (QED) is 0.727. The molecule has 0 radical (unpaired) electrons. The fraction of sp³-hybridized carbons (Fsp3) is 0.111. The second kappa shape index (κ2) is 5.83. The predicted octanol–water partition coefficient (Wildman–Crippen LogP) is 4.79. The van der Waals surface area contributed by atoms with E-state index in [2.05, 4.69) is 11.4 Å². The van der Waals surface area contributed by atoms with Gasteiger partial charge in [0.2, 0.25) is 0 Å². The summed E-state index contributed by atoms with van der Waals surface area (Å²) in [4.78, 5) is 0. The van der Waals surface area contributed by atoms with Gasteiger partial charge in [0.1, 0.15) is 5.82 Å². The Bertz CT molecular complexity index is 720. The molecule has 1 unspecified atom stereocenters. The van der Waals surface area contributed by atoms with Crippen LogP contribution in [0, 0.1) is 5.82 Å². The predicted molar refractivity (Wildman–Crippen MR) is 84.2 cm³/mol. The number of aromatic nitrogens is 1. The van der Waals surface area contributed by atoms with E-state index >= 15 is 0 Å². The highest BCUT2D eigenvalue weighted by molar-refractivity contribution is 5.52. The summed E-state index contributed by atoms with van der Waals surface area (Å²) in [6.45, 7) is 1.96. The first-order chi connectivity index (χ1) is 10.2. The molecule has 0 aliphatic heterocycles. The van der Waals surface area contributed by atoms with Crippen molar-refractivity contribution >= 4 is 5.69 Å². The summed E-state index contributed by atoms with van der Waals surface area (Å²) in [7, 11) is 0. The molecule has 3 aromatic rings. The average molecular weight is 280 g/mol. The molecule has 0 bridgehead atoms. The van der Waals surface area contributed by atoms with E-state index in [1.807, 2.05) is 66.3 Å². The molecule has 0 saturated heterocycles. The zero-order valence-corrected chi connectivity index (χ0v) is 11.8. The molecule has 0 amide bonds. The zero-order valence-electron chi connectivity index (χ0n) is 11.8. The minimum Gasteiger partial charge on any atom is -0.378 e. The molecule has 0 saturated carbocycles. The lowest BCUT2D eigenvalue weighted by Crippen LogP contribution is -2.08. The Morgan fingerprint density at radius 1 is 0.952 bits per heavy atom. The number of benzene rings is 2. The Morgan fingerprint density at radius 2 is 1.71 bits per heavy atom. The third-order valence-corrected chi connectivity index (χ3v) is 3.50. The van der Waals surface area contributed by atoms with Crippen molar-refractivity contribution in [3.05, 3.63) is 84.4 Å². The van der Waals surface area contributed by atoms with Crippen molar-refractivity contribution in [2.24, 2.45) is 0 Å². The van der Waals surface area contributed by atoms with Gasteiger partial charge >= 0.3 is 0 Å². The largest absolute Gasteiger partial charge is 0.378 e. The van der Waals surface area contributed by atoms with Gasteiger partial charge in [-0.3, -0.25) is 0 Å². The maximum Gasteiger partial charge on any atom is 0.128 e. The van der Waals surface area contributed by atoms with Gasteiger partial charge in [-0.2, -0.15) is 0 Å². The van der Waals surface area contributed by atoms with Crippen LogP contribution in [0.4, 0.5) is 10.1 Å². The monoisotopic (exact) mass is 280 g/mol. The number of anilines is 1. The topological polar surface area (TPSA) is 17.0 Å². The Kier molecular flexibility index (Phi) is 3.73. The molecular weight excluding hydrogens is 263 g/mol. The van der Waals surface area contributed by atoms with E-state index in [-0.39, 0.29) is 11.9 Å². The van der Waals surface area contributed by atoms with Crippen LogP contribution in [-0.2, 0) is 0 Å². The number of hydrogen-bond donors (Lipinski definition) is 1. The molecule has 1 heterocycles. The average Bonchev–Trinajstić information content (AvgIpc) is 3.02. The lowest BCUT2D eigenvalue weighted by atomic mass is 10.1. The smallest absolute Gasteiger partial charge is 0.128 e. The molecule has 0 spiro atoms. The first kappa shape index (κ1) is 13.4. The lowest BCUT2D eigenvalue weighted by Gasteiger charge is -2.17. The van der Waals surface area contributed by atoms with Gasteiger partial charge in [-0.25, -0.2) is 4.39 Å². The Balaban J connectivity index is 1.82. The molecule has 1 aromatic heterocycles. The molecule has 0 aliphatic carbocycles. The van der Waals surface area contributed by atoms with Gasteiger partial charge in [-0.05, 0) is 43.3 Å². The standard InChI is InChI=1S/C18H17FN2/c1-14(17-9-2-3-10-18(17)19)20-15-7-6-8-16(13-15)21-11-4-5-12-21/h2-14,20H,1H3. The third-order valence-electron chi connectivity index (χ3n) is 3.50. The van der Waals surface area contributed by atoms with Gasteiger partial charge in [-0.1, -0.05) is 24.3 Å². The normalized spacial score (nSPS) is 12.1. The van der Waals surface area contributed by atoms with Crippen LogP contribution in [0.25, 0.3) is 5.69 Å². The third kappa shape index (κ3) is 2.97. The fourth-order valence-electron chi connectivity index (χ4n) is 2.42. The highest BCUT2D eigenvalue weighted by Crippen LogP contribution is 2.23. The second-order valence-electron chi connectivity index (χ2n) is 5.03. The number of nitrogens with one attached hydrogen (secondary N) is 1. The highest BCUT2D eigenvalue weighted by atomic mass is 19.1. The molecule has 21 heavy (non-hydrogen) atoms. The molecule has 0 aliphatic rings. The van der Waals surface area contributed by atoms with Gasteiger partial charge in [0, 0.05) is 29.3 Å². The summed E-state index contributed by atoms with van der Waals surface area (Å²) in [6.07, 6.45) is 4.00. The van der Waals surface area contributed by atoms with Crippen LogP contribution >= 0.6 is 0 Å². The minimum atomic E-state index is -0.181. The number of halogens is 1. The van der Waals surface area contributed by atoms with Crippen molar-refractivity contribution < 1.29 is 4.39 Å². The van der Waals surface area contributed by atoms with E-state index in [0.29, 0.717) is 5.56 Å². The maximum absolute atomic E-state index is 13.8. The minimum absolute atomic E-state index is 0.0916. The Labute approximate surface area is 123 Å². The molecule has 2 aromatic carbocycles. The van der Waals surface area contributed by atoms with Gasteiger partial charge in [-0.15, -0.1) is 0 Å². The summed E-state index contributed by atoms with van der Waals surface area (Å²) >= 11 is 0. The Morgan fingerprint density at radius 3 is 2.48 bits per heavy atom. The first-order valence-electron chi connectivity index (χ1n) is 6.98. The van der Waals surface area contributed by atoms with Crippen LogP contribution in [0.1, 0.15) is 18.5 Å². The lowest BCUT2D eigenvalue weighted by molar-refractivity contribution is 0.600. The van der Waals surface area contributed by atoms with Gasteiger partial charge in [0.05, 0.1) is 6.04 Å². The summed E-state index contributed by atoms with van der Waals surface area (Å²) in [6, 6.07) is 18.8. The van der Waals surface area contributed by atoms with Gasteiger partial charge in [0.25, 0.3) is 0 Å². The van der Waals surface area contributed by atoms with E-state index < -0.39 is 0 Å². The number of hydrogen-bond acceptors (Lipinski definition) is 1. The summed E-state index contributed by atoms with van der Waals surface area (Å²) in [5.41, 5.74) is 2.71. The Hall–Kier alpha value is -2.55. The van der Waals surface area contributed by atoms with Crippen molar-refractivity contribution in [1.29, 1.82) is 0 Å². The van der Waals surface area contributed by atoms with Crippen molar-refractivity contribution in [2.75, 3.05) is 5.32 Å². The number of rotatable bonds is 4. The van der Waals surface area contributed by atoms with Crippen molar-refractivity contribution in [3.63, 3.8) is 0 Å². The van der Waals surface area contributed by atoms with Crippen molar-refractivity contribution in [2.45, 2.75) is 13.0 Å². The van der Waals surface area contributed by atoms with Crippen LogP contribution in [0.2, 0.25) is 0 Å². The molecule has 1 N–H and O–H groups in total. The van der Waals surface area contributed by atoms with E-state index in [1.54, 1.807) is 6.07 Å². The molecule has 0 fully saturated rings. The summed E-state index contributed by atoms with van der Waals surface area (Å²) in [5.74, 6) is -0.181. The van der Waals surface area contributed by atoms with Crippen LogP contribution in [0.5, 0.6) is 0 Å². The highest BCUT2D eigenvalue weighted by Gasteiger charge is 2.10. The van der Waals surface area contributed by atoms with Gasteiger partial charge in [0.15, 0.2) is 0 Å². The number of nitrogens with zero attached hydrogens (tertiary/aromatic N) is 1. The van der Waals surface area contributed by atoms with E-state index in [9.17, 15) is 4.39 Å². The van der Waals surface area contributed by atoms with Crippen molar-refractivity contribution in [1.82, 2.24) is 4.57 Å². The van der Waals surface area contributed by atoms with Crippen LogP contribution < -0.4 is 5.32 Å². The molecule has 3 heteroatoms. The second-order valence-corrected chi connectivity index (χ2v) is 5.03. The van der Waals surface area contributed by atoms with E-state index in [0.717, 1.165) is 11.4 Å². The molecule has 1 atom stereocenters. The maximum atomic E-state index is 13.8. The van der Waals surface area contributed by atoms with Crippen LogP contribution in [0.15, 0.2) is 73.1 Å². The van der Waals surface area contributed by atoms with E-state index in [1.165, 1.54) is 6.07 Å². The molecular formula is C18H17FN2. The molecule has 106 valence electrons. The van der Waals surface area contributed by atoms with Gasteiger partial charge < -0.3 is 9.88 Å².